The van der Waals surface area contributed by atoms with E-state index < -0.39 is 0 Å². The van der Waals surface area contributed by atoms with Crippen LogP contribution in [0.4, 0.5) is 0 Å². The summed E-state index contributed by atoms with van der Waals surface area (Å²) < 4.78 is 16.4. The van der Waals surface area contributed by atoms with Gasteiger partial charge in [0.1, 0.15) is 12.4 Å². The van der Waals surface area contributed by atoms with Gasteiger partial charge in [0.25, 0.3) is 0 Å². The molecular formula is C21H37IN4O3. The molecule has 0 spiro atoms. The fourth-order valence-corrected chi connectivity index (χ4v) is 3.16. The highest BCUT2D eigenvalue weighted by molar-refractivity contribution is 14.0. The average molecular weight is 520 g/mol. The Balaban J connectivity index is 0.00000420. The molecule has 7 nitrogen and oxygen atoms in total. The maximum absolute atomic E-state index is 5.87. The van der Waals surface area contributed by atoms with E-state index in [1.165, 1.54) is 5.56 Å². The molecule has 1 heterocycles. The highest BCUT2D eigenvalue weighted by atomic mass is 127. The minimum absolute atomic E-state index is 0. The Hall–Kier alpha value is -1.10. The molecule has 8 heteroatoms. The first-order chi connectivity index (χ1) is 13.5. The predicted molar refractivity (Wildman–Crippen MR) is 129 cm³/mol. The highest BCUT2D eigenvalue weighted by Gasteiger charge is 2.28. The van der Waals surface area contributed by atoms with Gasteiger partial charge in [-0.1, -0.05) is 12.1 Å². The number of nitrogens with one attached hydrogen (secondary N) is 2. The van der Waals surface area contributed by atoms with Crippen molar-refractivity contribution >= 4 is 29.9 Å². The van der Waals surface area contributed by atoms with Crippen molar-refractivity contribution in [2.45, 2.75) is 32.9 Å². The van der Waals surface area contributed by atoms with E-state index in [2.05, 4.69) is 59.5 Å². The van der Waals surface area contributed by atoms with Gasteiger partial charge < -0.3 is 24.8 Å². The highest BCUT2D eigenvalue weighted by Crippen LogP contribution is 2.20. The molecule has 1 aliphatic heterocycles. The van der Waals surface area contributed by atoms with E-state index >= 15 is 0 Å². The van der Waals surface area contributed by atoms with Crippen molar-refractivity contribution in [3.63, 3.8) is 0 Å². The van der Waals surface area contributed by atoms with Gasteiger partial charge in [-0.05, 0) is 32.4 Å². The van der Waals surface area contributed by atoms with Crippen molar-refractivity contribution in [1.82, 2.24) is 15.5 Å². The number of ether oxygens (including phenoxy) is 3. The Labute approximate surface area is 192 Å². The molecule has 0 unspecified atom stereocenters. The topological polar surface area (TPSA) is 67.4 Å². The fourth-order valence-electron chi connectivity index (χ4n) is 3.16. The van der Waals surface area contributed by atoms with Crippen LogP contribution in [-0.4, -0.2) is 76.6 Å². The largest absolute Gasteiger partial charge is 0.491 e. The number of nitrogens with zero attached hydrogens (tertiary/aromatic N) is 2. The molecule has 0 bridgehead atoms. The molecule has 0 radical (unpaired) electrons. The number of benzene rings is 1. The van der Waals surface area contributed by atoms with Gasteiger partial charge in [0.2, 0.25) is 0 Å². The summed E-state index contributed by atoms with van der Waals surface area (Å²) in [6.07, 6.45) is 0. The summed E-state index contributed by atoms with van der Waals surface area (Å²) >= 11 is 0. The van der Waals surface area contributed by atoms with Crippen molar-refractivity contribution in [3.05, 3.63) is 29.3 Å². The molecule has 0 aliphatic carbocycles. The molecule has 1 aromatic rings. The monoisotopic (exact) mass is 520 g/mol. The molecule has 29 heavy (non-hydrogen) atoms. The molecule has 1 aromatic carbocycles. The Morgan fingerprint density at radius 3 is 2.59 bits per heavy atom. The van der Waals surface area contributed by atoms with Crippen LogP contribution in [0.1, 0.15) is 25.0 Å². The minimum Gasteiger partial charge on any atom is -0.491 e. The lowest BCUT2D eigenvalue weighted by Crippen LogP contribution is -2.56. The second-order valence-electron chi connectivity index (χ2n) is 7.64. The summed E-state index contributed by atoms with van der Waals surface area (Å²) in [5, 5.41) is 6.85. The molecule has 1 aliphatic rings. The van der Waals surface area contributed by atoms with Crippen molar-refractivity contribution < 1.29 is 14.2 Å². The first-order valence-corrected chi connectivity index (χ1v) is 9.95. The summed E-state index contributed by atoms with van der Waals surface area (Å²) in [4.78, 5) is 6.82. The Bertz CT molecular complexity index is 634. The number of aliphatic imine (C=N–C) groups is 1. The van der Waals surface area contributed by atoms with Crippen molar-refractivity contribution in [2.24, 2.45) is 4.99 Å². The quantitative estimate of drug-likeness (QED) is 0.226. The van der Waals surface area contributed by atoms with Crippen LogP contribution in [0.3, 0.4) is 0 Å². The van der Waals surface area contributed by atoms with Crippen molar-refractivity contribution in [2.75, 3.05) is 60.2 Å². The molecule has 2 N–H and O–H groups in total. The number of rotatable bonds is 9. The van der Waals surface area contributed by atoms with Crippen LogP contribution in [-0.2, 0) is 16.0 Å². The SMILES string of the molecule is CN=C(NCc1ccc(C)cc1OCCOC)NCC(C)(C)N1CCOCC1.I. The molecular weight excluding hydrogens is 483 g/mol. The summed E-state index contributed by atoms with van der Waals surface area (Å²) in [6.45, 7) is 12.6. The van der Waals surface area contributed by atoms with Gasteiger partial charge in [0.15, 0.2) is 5.96 Å². The minimum atomic E-state index is 0. The molecule has 166 valence electrons. The zero-order chi connectivity index (χ0) is 20.4. The molecule has 0 saturated carbocycles. The summed E-state index contributed by atoms with van der Waals surface area (Å²) in [6, 6.07) is 6.25. The standard InChI is InChI=1S/C21H36N4O3.HI/c1-17-6-7-18(19(14-17)28-13-12-26-5)15-23-20(22-4)24-16-21(2,3)25-8-10-27-11-9-25;/h6-7,14H,8-13,15-16H2,1-5H3,(H2,22,23,24);1H. The van der Waals surface area contributed by atoms with Crippen LogP contribution in [0, 0.1) is 6.92 Å². The van der Waals surface area contributed by atoms with Crippen molar-refractivity contribution in [3.8, 4) is 5.75 Å². The van der Waals surface area contributed by atoms with Gasteiger partial charge in [-0.15, -0.1) is 24.0 Å². The zero-order valence-electron chi connectivity index (χ0n) is 18.4. The molecule has 0 atom stereocenters. The molecule has 0 amide bonds. The lowest BCUT2D eigenvalue weighted by molar-refractivity contribution is -0.00834. The van der Waals surface area contributed by atoms with Gasteiger partial charge in [0, 0.05) is 51.4 Å². The number of methoxy groups -OCH3 is 1. The number of guanidine groups is 1. The smallest absolute Gasteiger partial charge is 0.191 e. The third-order valence-electron chi connectivity index (χ3n) is 4.99. The second kappa shape index (κ2) is 13.3. The van der Waals surface area contributed by atoms with Crippen LogP contribution < -0.4 is 15.4 Å². The lowest BCUT2D eigenvalue weighted by atomic mass is 10.0. The Morgan fingerprint density at radius 2 is 1.93 bits per heavy atom. The number of hydrogen-bond donors (Lipinski definition) is 2. The van der Waals surface area contributed by atoms with E-state index in [4.69, 9.17) is 14.2 Å². The van der Waals surface area contributed by atoms with E-state index in [1.807, 2.05) is 0 Å². The van der Waals surface area contributed by atoms with Gasteiger partial charge >= 0.3 is 0 Å². The summed E-state index contributed by atoms with van der Waals surface area (Å²) in [7, 11) is 3.47. The maximum Gasteiger partial charge on any atom is 0.191 e. The average Bonchev–Trinajstić information content (AvgIpc) is 2.70. The maximum atomic E-state index is 5.87. The van der Waals surface area contributed by atoms with E-state index in [-0.39, 0.29) is 29.5 Å². The van der Waals surface area contributed by atoms with Gasteiger partial charge in [-0.2, -0.15) is 0 Å². The molecule has 2 rings (SSSR count). The van der Waals surface area contributed by atoms with Crippen molar-refractivity contribution in [1.29, 1.82) is 0 Å². The van der Waals surface area contributed by atoms with Crippen LogP contribution in [0.25, 0.3) is 0 Å². The van der Waals surface area contributed by atoms with Gasteiger partial charge in [-0.3, -0.25) is 9.89 Å². The fraction of sp³-hybridized carbons (Fsp3) is 0.667. The normalized spacial score (nSPS) is 15.6. The second-order valence-corrected chi connectivity index (χ2v) is 7.64. The molecule has 1 fully saturated rings. The predicted octanol–water partition coefficient (Wildman–Crippen LogP) is 2.41. The molecule has 0 aromatic heterocycles. The zero-order valence-corrected chi connectivity index (χ0v) is 20.7. The summed E-state index contributed by atoms with van der Waals surface area (Å²) in [5.41, 5.74) is 2.29. The summed E-state index contributed by atoms with van der Waals surface area (Å²) in [5.74, 6) is 1.67. The van der Waals surface area contributed by atoms with E-state index in [0.29, 0.717) is 19.8 Å². The number of morpholine rings is 1. The Morgan fingerprint density at radius 1 is 1.21 bits per heavy atom. The van der Waals surface area contributed by atoms with Gasteiger partial charge in [0.05, 0.1) is 19.8 Å². The van der Waals surface area contributed by atoms with E-state index in [0.717, 1.165) is 50.1 Å². The van der Waals surface area contributed by atoms with E-state index in [9.17, 15) is 0 Å². The molecule has 1 saturated heterocycles. The lowest BCUT2D eigenvalue weighted by Gasteiger charge is -2.41. The Kier molecular flexibility index (Phi) is 11.9. The van der Waals surface area contributed by atoms with E-state index in [1.54, 1.807) is 14.2 Å². The third-order valence-corrected chi connectivity index (χ3v) is 4.99. The third kappa shape index (κ3) is 8.65. The number of hydrogen-bond acceptors (Lipinski definition) is 5. The van der Waals surface area contributed by atoms with Crippen LogP contribution >= 0.6 is 24.0 Å². The van der Waals surface area contributed by atoms with Crippen LogP contribution in [0.5, 0.6) is 5.75 Å². The first-order valence-electron chi connectivity index (χ1n) is 9.95. The van der Waals surface area contributed by atoms with Crippen LogP contribution in [0.2, 0.25) is 0 Å². The number of halogens is 1. The first kappa shape index (κ1) is 25.9. The number of aryl methyl sites for hydroxylation is 1. The van der Waals surface area contributed by atoms with Crippen LogP contribution in [0.15, 0.2) is 23.2 Å². The van der Waals surface area contributed by atoms with Gasteiger partial charge in [-0.25, -0.2) is 0 Å².